The molecule has 0 unspecified atom stereocenters. The van der Waals surface area contributed by atoms with Crippen molar-refractivity contribution < 1.29 is 22.7 Å². The van der Waals surface area contributed by atoms with Gasteiger partial charge in [-0.25, -0.2) is 4.98 Å². The average Bonchev–Trinajstić information content (AvgIpc) is 3.13. The van der Waals surface area contributed by atoms with E-state index < -0.39 is 11.7 Å². The van der Waals surface area contributed by atoms with Crippen LogP contribution < -0.4 is 5.73 Å². The number of nitrogen functional groups attached to an aromatic ring is 1. The van der Waals surface area contributed by atoms with Gasteiger partial charge in [0.15, 0.2) is 0 Å². The molecule has 9 heteroatoms. The highest BCUT2D eigenvalue weighted by molar-refractivity contribution is 5.99. The van der Waals surface area contributed by atoms with Crippen molar-refractivity contribution in [1.82, 2.24) is 14.9 Å². The first-order valence-corrected chi connectivity index (χ1v) is 12.3. The number of pyridine rings is 2. The number of ether oxygens (including phenoxy) is 1. The third kappa shape index (κ3) is 3.80. The first-order chi connectivity index (χ1) is 17.2. The molecule has 1 aromatic carbocycles. The number of aromatic nitrogens is 2. The quantitative estimate of drug-likeness (QED) is 0.494. The molecule has 188 valence electrons. The second-order valence-corrected chi connectivity index (χ2v) is 10.3. The number of carbonyl (C=O) groups excluding carboxylic acids is 1. The number of fused-ring (bicyclic) bond motifs is 3. The van der Waals surface area contributed by atoms with Crippen molar-refractivity contribution in [3.05, 3.63) is 64.5 Å². The van der Waals surface area contributed by atoms with Crippen LogP contribution in [0, 0.1) is 5.41 Å². The average molecular weight is 497 g/mol. The van der Waals surface area contributed by atoms with Gasteiger partial charge in [0.25, 0.3) is 5.91 Å². The maximum Gasteiger partial charge on any atom is 0.417 e. The number of carbonyl (C=O) groups is 1. The highest BCUT2D eigenvalue weighted by atomic mass is 19.4. The monoisotopic (exact) mass is 496 g/mol. The van der Waals surface area contributed by atoms with Crippen LogP contribution >= 0.6 is 0 Å². The lowest BCUT2D eigenvalue weighted by Gasteiger charge is -2.26. The molecule has 1 aliphatic heterocycles. The molecular weight excluding hydrogens is 469 g/mol. The van der Waals surface area contributed by atoms with Crippen molar-refractivity contribution in [2.75, 3.05) is 5.73 Å². The Labute approximate surface area is 206 Å². The van der Waals surface area contributed by atoms with E-state index in [1.165, 1.54) is 6.07 Å². The Balaban J connectivity index is 1.35. The number of nitrogens with two attached hydrogens (primary N) is 1. The number of halogens is 3. The van der Waals surface area contributed by atoms with E-state index in [1.807, 2.05) is 17.9 Å². The number of anilines is 1. The van der Waals surface area contributed by atoms with Gasteiger partial charge >= 0.3 is 6.18 Å². The number of benzene rings is 1. The third-order valence-electron chi connectivity index (χ3n) is 8.16. The summed E-state index contributed by atoms with van der Waals surface area (Å²) in [6.07, 6.45) is 1.59. The topological polar surface area (TPSA) is 81.3 Å². The van der Waals surface area contributed by atoms with Gasteiger partial charge in [-0.2, -0.15) is 13.2 Å². The molecule has 0 bridgehead atoms. The van der Waals surface area contributed by atoms with Gasteiger partial charge in [0.2, 0.25) is 0 Å². The third-order valence-corrected chi connectivity index (χ3v) is 8.16. The number of alkyl halides is 3. The Hall–Kier alpha value is -3.20. The normalized spacial score (nSPS) is 22.2. The summed E-state index contributed by atoms with van der Waals surface area (Å²) < 4.78 is 44.8. The first kappa shape index (κ1) is 23.2. The van der Waals surface area contributed by atoms with Crippen LogP contribution in [0.4, 0.5) is 19.0 Å². The van der Waals surface area contributed by atoms with Crippen molar-refractivity contribution in [3.63, 3.8) is 0 Å². The van der Waals surface area contributed by atoms with Crippen LogP contribution in [0.25, 0.3) is 10.9 Å². The SMILES string of the molecule is C[C@@H]1OCc2c1c(N)nc1ccc(C(=O)N(Cc3ccc(C(F)(F)F)cn3)[C@@H]3CC34CCCC4)cc21. The minimum atomic E-state index is -4.45. The van der Waals surface area contributed by atoms with Crippen LogP contribution in [-0.4, -0.2) is 26.8 Å². The Kier molecular flexibility index (Phi) is 5.26. The minimum absolute atomic E-state index is 0.0610. The maximum atomic E-state index is 13.9. The van der Waals surface area contributed by atoms with Crippen molar-refractivity contribution in [1.29, 1.82) is 0 Å². The molecular formula is C27H27F3N4O2. The van der Waals surface area contributed by atoms with Crippen LogP contribution in [0.15, 0.2) is 36.5 Å². The summed E-state index contributed by atoms with van der Waals surface area (Å²) >= 11 is 0. The zero-order valence-electron chi connectivity index (χ0n) is 19.9. The number of nitrogens with zero attached hydrogens (tertiary/aromatic N) is 3. The van der Waals surface area contributed by atoms with Crippen molar-refractivity contribution in [2.24, 2.45) is 5.41 Å². The molecule has 2 N–H and O–H groups in total. The largest absolute Gasteiger partial charge is 0.417 e. The Morgan fingerprint density at radius 1 is 1.22 bits per heavy atom. The molecule has 3 aromatic rings. The van der Waals surface area contributed by atoms with Gasteiger partial charge in [0.05, 0.1) is 36.0 Å². The lowest BCUT2D eigenvalue weighted by Crippen LogP contribution is -2.35. The van der Waals surface area contributed by atoms with Crippen LogP contribution in [0.3, 0.4) is 0 Å². The summed E-state index contributed by atoms with van der Waals surface area (Å²) in [6, 6.07) is 7.85. The van der Waals surface area contributed by atoms with Crippen LogP contribution in [0.1, 0.15) is 77.9 Å². The molecule has 0 radical (unpaired) electrons. The first-order valence-electron chi connectivity index (χ1n) is 12.3. The predicted octanol–water partition coefficient (Wildman–Crippen LogP) is 5.80. The van der Waals surface area contributed by atoms with Gasteiger partial charge in [-0.15, -0.1) is 0 Å². The van der Waals surface area contributed by atoms with Crippen molar-refractivity contribution in [3.8, 4) is 0 Å². The molecule has 6 rings (SSSR count). The Morgan fingerprint density at radius 3 is 2.69 bits per heavy atom. The fourth-order valence-corrected chi connectivity index (χ4v) is 6.13. The Morgan fingerprint density at radius 2 is 2.00 bits per heavy atom. The minimum Gasteiger partial charge on any atom is -0.383 e. The van der Waals surface area contributed by atoms with E-state index >= 15 is 0 Å². The van der Waals surface area contributed by atoms with Crippen LogP contribution in [0.5, 0.6) is 0 Å². The molecule has 0 saturated heterocycles. The summed E-state index contributed by atoms with van der Waals surface area (Å²) in [5.41, 5.74) is 8.97. The van der Waals surface area contributed by atoms with Gasteiger partial charge in [0, 0.05) is 28.8 Å². The van der Waals surface area contributed by atoms with Crippen molar-refractivity contribution >= 4 is 22.6 Å². The fraction of sp³-hybridized carbons (Fsp3) is 0.444. The van der Waals surface area contributed by atoms with Crippen LogP contribution in [-0.2, 0) is 24.1 Å². The van der Waals surface area contributed by atoms with E-state index in [1.54, 1.807) is 12.1 Å². The summed E-state index contributed by atoms with van der Waals surface area (Å²) in [7, 11) is 0. The number of hydrogen-bond acceptors (Lipinski definition) is 5. The zero-order valence-corrected chi connectivity index (χ0v) is 19.9. The van der Waals surface area contributed by atoms with E-state index in [0.717, 1.165) is 60.9 Å². The molecule has 6 nitrogen and oxygen atoms in total. The van der Waals surface area contributed by atoms with E-state index in [2.05, 4.69) is 9.97 Å². The molecule has 2 atom stereocenters. The van der Waals surface area contributed by atoms with Gasteiger partial charge in [0.1, 0.15) is 5.82 Å². The molecule has 2 aromatic heterocycles. The molecule has 3 aliphatic rings. The van der Waals surface area contributed by atoms with E-state index in [0.29, 0.717) is 29.2 Å². The summed E-state index contributed by atoms with van der Waals surface area (Å²) in [4.78, 5) is 24.3. The van der Waals surface area contributed by atoms with Gasteiger partial charge in [-0.05, 0) is 67.5 Å². The smallest absolute Gasteiger partial charge is 0.383 e. The predicted molar refractivity (Wildman–Crippen MR) is 128 cm³/mol. The standard InChI is InChI=1S/C27H27F3N4O2/c1-15-23-20(14-36-15)19-10-16(4-7-21(19)33-24(23)31)25(35)34(22-11-26(22)8-2-3-9-26)13-18-6-5-17(12-32-18)27(28,29)30/h4-7,10,12,15,22H,2-3,8-9,11,13-14H2,1H3,(H2,31,33)/t15-,22+/m0/s1. The number of hydrogen-bond donors (Lipinski definition) is 1. The molecule has 2 aliphatic carbocycles. The Bertz CT molecular complexity index is 1350. The number of amides is 1. The van der Waals surface area contributed by atoms with Gasteiger partial charge < -0.3 is 15.4 Å². The molecule has 36 heavy (non-hydrogen) atoms. The molecule has 2 fully saturated rings. The van der Waals surface area contributed by atoms with E-state index in [9.17, 15) is 18.0 Å². The van der Waals surface area contributed by atoms with Gasteiger partial charge in [-0.1, -0.05) is 12.8 Å². The molecule has 3 heterocycles. The highest BCUT2D eigenvalue weighted by Gasteiger charge is 2.58. The highest BCUT2D eigenvalue weighted by Crippen LogP contribution is 2.60. The van der Waals surface area contributed by atoms with Gasteiger partial charge in [-0.3, -0.25) is 9.78 Å². The summed E-state index contributed by atoms with van der Waals surface area (Å²) in [5.74, 6) is 0.294. The summed E-state index contributed by atoms with van der Waals surface area (Å²) in [6.45, 7) is 2.50. The second-order valence-electron chi connectivity index (χ2n) is 10.3. The lowest BCUT2D eigenvalue weighted by atomic mass is 9.99. The zero-order chi connectivity index (χ0) is 25.2. The number of rotatable bonds is 4. The second kappa shape index (κ2) is 8.16. The lowest BCUT2D eigenvalue weighted by molar-refractivity contribution is -0.137. The van der Waals surface area contributed by atoms with E-state index in [4.69, 9.17) is 10.5 Å². The fourth-order valence-electron chi connectivity index (χ4n) is 6.13. The van der Waals surface area contributed by atoms with E-state index in [-0.39, 0.29) is 30.0 Å². The maximum absolute atomic E-state index is 13.9. The molecule has 1 amide bonds. The van der Waals surface area contributed by atoms with Crippen molar-refractivity contribution in [2.45, 2.75) is 70.5 Å². The molecule has 2 saturated carbocycles. The summed E-state index contributed by atoms with van der Waals surface area (Å²) in [5, 5.41) is 0.841. The van der Waals surface area contributed by atoms with Crippen LogP contribution in [0.2, 0.25) is 0 Å². The molecule has 1 spiro atoms.